The molecule has 0 radical (unpaired) electrons. The van der Waals surface area contributed by atoms with Gasteiger partial charge in [-0.25, -0.2) is 0 Å². The lowest BCUT2D eigenvalue weighted by molar-refractivity contribution is 0.271. The first-order valence-corrected chi connectivity index (χ1v) is 7.62. The van der Waals surface area contributed by atoms with E-state index in [0.29, 0.717) is 24.7 Å². The van der Waals surface area contributed by atoms with Gasteiger partial charge in [0.1, 0.15) is 24.7 Å². The van der Waals surface area contributed by atoms with Gasteiger partial charge in [-0.3, -0.25) is 9.97 Å². The zero-order valence-corrected chi connectivity index (χ0v) is 13.1. The Morgan fingerprint density at radius 2 is 1.12 bits per heavy atom. The molecule has 0 amide bonds. The molecule has 2 heterocycles. The highest BCUT2D eigenvalue weighted by Gasteiger charge is 2.04. The average Bonchev–Trinajstić information content (AvgIpc) is 2.66. The number of nitrogens with zero attached hydrogens (tertiary/aromatic N) is 2. The van der Waals surface area contributed by atoms with Crippen molar-refractivity contribution in [1.82, 2.24) is 9.97 Å². The van der Waals surface area contributed by atoms with Crippen molar-refractivity contribution in [2.45, 2.75) is 19.8 Å². The number of aliphatic hydroxyl groups is 1. The maximum Gasteiger partial charge on any atom is 0.123 e. The second-order valence-electron chi connectivity index (χ2n) is 5.26. The number of hydrogen-bond donors (Lipinski definition) is 1. The molecule has 0 aliphatic carbocycles. The van der Waals surface area contributed by atoms with Crippen LogP contribution in [0.25, 0.3) is 0 Å². The van der Waals surface area contributed by atoms with Crippen molar-refractivity contribution in [2.75, 3.05) is 0 Å². The van der Waals surface area contributed by atoms with Crippen LogP contribution in [0, 0.1) is 0 Å². The number of ether oxygens (including phenoxy) is 2. The van der Waals surface area contributed by atoms with Gasteiger partial charge < -0.3 is 14.6 Å². The fourth-order valence-electron chi connectivity index (χ4n) is 2.18. The van der Waals surface area contributed by atoms with Crippen molar-refractivity contribution in [1.29, 1.82) is 0 Å². The van der Waals surface area contributed by atoms with Crippen LogP contribution in [0.1, 0.15) is 16.7 Å². The first kappa shape index (κ1) is 16.0. The van der Waals surface area contributed by atoms with Gasteiger partial charge in [-0.1, -0.05) is 0 Å². The highest BCUT2D eigenvalue weighted by atomic mass is 16.5. The lowest BCUT2D eigenvalue weighted by atomic mass is 10.2. The molecule has 122 valence electrons. The highest BCUT2D eigenvalue weighted by Crippen LogP contribution is 2.24. The molecule has 0 atom stereocenters. The number of aliphatic hydroxyl groups excluding tert-OH is 1. The normalized spacial score (nSPS) is 10.4. The molecule has 5 nitrogen and oxygen atoms in total. The van der Waals surface area contributed by atoms with Gasteiger partial charge in [-0.05, 0) is 53.1 Å². The first-order valence-electron chi connectivity index (χ1n) is 7.62. The standard InChI is InChI=1S/C19H18N2O3/c22-12-17-9-18(23-13-15-1-5-20-6-2-15)11-19(10-17)24-14-16-3-7-21-8-4-16/h1-11,22H,12-14H2. The summed E-state index contributed by atoms with van der Waals surface area (Å²) < 4.78 is 11.6. The molecule has 0 fully saturated rings. The zero-order chi connectivity index (χ0) is 16.6. The molecule has 1 aromatic carbocycles. The van der Waals surface area contributed by atoms with Crippen LogP contribution in [0.5, 0.6) is 11.5 Å². The van der Waals surface area contributed by atoms with Gasteiger partial charge in [0, 0.05) is 30.9 Å². The minimum absolute atomic E-state index is 0.0714. The van der Waals surface area contributed by atoms with Gasteiger partial charge >= 0.3 is 0 Å². The second-order valence-corrected chi connectivity index (χ2v) is 5.26. The summed E-state index contributed by atoms with van der Waals surface area (Å²) in [6.07, 6.45) is 6.91. The Bertz CT molecular complexity index is 702. The molecule has 0 unspecified atom stereocenters. The quantitative estimate of drug-likeness (QED) is 0.724. The third-order valence-electron chi connectivity index (χ3n) is 3.43. The first-order chi connectivity index (χ1) is 11.8. The fourth-order valence-corrected chi connectivity index (χ4v) is 2.18. The molecule has 3 rings (SSSR count). The van der Waals surface area contributed by atoms with Gasteiger partial charge in [-0.15, -0.1) is 0 Å². The van der Waals surface area contributed by atoms with Gasteiger partial charge in [0.25, 0.3) is 0 Å². The summed E-state index contributed by atoms with van der Waals surface area (Å²) in [6.45, 7) is 0.792. The van der Waals surface area contributed by atoms with Crippen molar-refractivity contribution in [2.24, 2.45) is 0 Å². The summed E-state index contributed by atoms with van der Waals surface area (Å²) in [4.78, 5) is 7.96. The molecule has 0 spiro atoms. The van der Waals surface area contributed by atoms with Crippen LogP contribution < -0.4 is 9.47 Å². The van der Waals surface area contributed by atoms with Crippen LogP contribution in [0.3, 0.4) is 0 Å². The average molecular weight is 322 g/mol. The predicted octanol–water partition coefficient (Wildman–Crippen LogP) is 3.13. The van der Waals surface area contributed by atoms with Crippen LogP contribution in [0.2, 0.25) is 0 Å². The number of benzene rings is 1. The lowest BCUT2D eigenvalue weighted by Crippen LogP contribution is -1.99. The van der Waals surface area contributed by atoms with Crippen molar-refractivity contribution in [3.8, 4) is 11.5 Å². The number of aromatic nitrogens is 2. The largest absolute Gasteiger partial charge is 0.489 e. The fraction of sp³-hybridized carbons (Fsp3) is 0.158. The molecule has 0 saturated heterocycles. The van der Waals surface area contributed by atoms with Crippen LogP contribution in [0.15, 0.2) is 67.3 Å². The SMILES string of the molecule is OCc1cc(OCc2ccncc2)cc(OCc2ccncc2)c1. The van der Waals surface area contributed by atoms with E-state index in [1.807, 2.05) is 30.3 Å². The Morgan fingerprint density at radius 1 is 0.667 bits per heavy atom. The van der Waals surface area contributed by atoms with Crippen LogP contribution in [0.4, 0.5) is 0 Å². The Labute approximate surface area is 140 Å². The molecule has 0 aliphatic rings. The Kier molecular flexibility index (Phi) is 5.37. The molecule has 3 aromatic rings. The summed E-state index contributed by atoms with van der Waals surface area (Å²) in [5.74, 6) is 1.31. The maximum atomic E-state index is 9.43. The van der Waals surface area contributed by atoms with E-state index in [9.17, 15) is 5.11 Å². The van der Waals surface area contributed by atoms with Crippen LogP contribution in [-0.2, 0) is 19.8 Å². The summed E-state index contributed by atoms with van der Waals surface area (Å²) in [6, 6.07) is 13.0. The van der Waals surface area contributed by atoms with Crippen molar-refractivity contribution in [3.05, 3.63) is 83.9 Å². The molecule has 1 N–H and O–H groups in total. The van der Waals surface area contributed by atoms with E-state index in [0.717, 1.165) is 16.7 Å². The minimum atomic E-state index is -0.0714. The molecule has 5 heteroatoms. The van der Waals surface area contributed by atoms with Crippen LogP contribution >= 0.6 is 0 Å². The third-order valence-corrected chi connectivity index (χ3v) is 3.43. The maximum absolute atomic E-state index is 9.43. The predicted molar refractivity (Wildman–Crippen MR) is 89.5 cm³/mol. The summed E-state index contributed by atoms with van der Waals surface area (Å²) >= 11 is 0. The van der Waals surface area contributed by atoms with E-state index in [1.54, 1.807) is 36.9 Å². The van der Waals surface area contributed by atoms with Crippen molar-refractivity contribution in [3.63, 3.8) is 0 Å². The summed E-state index contributed by atoms with van der Waals surface area (Å²) in [5, 5.41) is 9.43. The van der Waals surface area contributed by atoms with E-state index < -0.39 is 0 Å². The van der Waals surface area contributed by atoms with Gasteiger partial charge in [0.05, 0.1) is 6.61 Å². The van der Waals surface area contributed by atoms with E-state index in [2.05, 4.69) is 9.97 Å². The van der Waals surface area contributed by atoms with Crippen molar-refractivity contribution < 1.29 is 14.6 Å². The third kappa shape index (κ3) is 4.54. The topological polar surface area (TPSA) is 64.5 Å². The molecular weight excluding hydrogens is 304 g/mol. The Hall–Kier alpha value is -2.92. The van der Waals surface area contributed by atoms with Crippen molar-refractivity contribution >= 4 is 0 Å². The van der Waals surface area contributed by atoms with E-state index in [1.165, 1.54) is 0 Å². The molecule has 2 aromatic heterocycles. The monoisotopic (exact) mass is 322 g/mol. The lowest BCUT2D eigenvalue weighted by Gasteiger charge is -2.12. The zero-order valence-electron chi connectivity index (χ0n) is 13.1. The minimum Gasteiger partial charge on any atom is -0.489 e. The van der Waals surface area contributed by atoms with E-state index in [4.69, 9.17) is 9.47 Å². The van der Waals surface area contributed by atoms with Gasteiger partial charge in [0.15, 0.2) is 0 Å². The summed E-state index contributed by atoms with van der Waals surface area (Å²) in [5.41, 5.74) is 2.80. The number of hydrogen-bond acceptors (Lipinski definition) is 5. The Morgan fingerprint density at radius 3 is 1.54 bits per heavy atom. The van der Waals surface area contributed by atoms with E-state index >= 15 is 0 Å². The summed E-state index contributed by atoms with van der Waals surface area (Å²) in [7, 11) is 0. The Balaban J connectivity index is 1.68. The molecule has 0 bridgehead atoms. The number of rotatable bonds is 7. The van der Waals surface area contributed by atoms with Crippen LogP contribution in [-0.4, -0.2) is 15.1 Å². The van der Waals surface area contributed by atoms with Gasteiger partial charge in [0.2, 0.25) is 0 Å². The highest BCUT2D eigenvalue weighted by molar-refractivity contribution is 5.38. The smallest absolute Gasteiger partial charge is 0.123 e. The molecule has 0 saturated carbocycles. The van der Waals surface area contributed by atoms with Gasteiger partial charge in [-0.2, -0.15) is 0 Å². The second kappa shape index (κ2) is 8.08. The molecule has 24 heavy (non-hydrogen) atoms. The number of pyridine rings is 2. The molecule has 0 aliphatic heterocycles. The molecular formula is C19H18N2O3. The van der Waals surface area contributed by atoms with E-state index in [-0.39, 0.29) is 6.61 Å².